The number of nitrogens with zero attached hydrogens (tertiary/aromatic N) is 6. The SMILES string of the molecule is Cc1ccccc1-c1c2c(cc[n+]1C)C(C)(C)CC2(C)C.Cc1ccccc1-c1c2c(cc[n+]1C)C1CCC2C1.Cc1ccccc1-c1cc2c(c[n+]1C)C(C)(C)CC2(C)C.Cc1ccccc1-c1cc2c(c[n+]1C)C1(C)CCC2C1(C)C.[2H]C12CCC(C)(c3c[n+](C)c(-c4ccccc4C)cc31)C2(C)C.[2H]C12CCC([2H])(C1)c1c[n+](C)c(-c3ccccc3C)cc12. The second-order valence-electron chi connectivity index (χ2n) is 43.6. The van der Waals surface area contributed by atoms with Crippen LogP contribution in [0.4, 0.5) is 0 Å². The van der Waals surface area contributed by atoms with E-state index in [4.69, 9.17) is 2.74 Å². The fourth-order valence-corrected chi connectivity index (χ4v) is 26.0. The lowest BCUT2D eigenvalue weighted by atomic mass is 9.69. The zero-order valence-corrected chi connectivity index (χ0v) is 80.2. The highest BCUT2D eigenvalue weighted by molar-refractivity contribution is 5.72. The van der Waals surface area contributed by atoms with Gasteiger partial charge in [0.1, 0.15) is 42.3 Å². The predicted molar refractivity (Wildman–Crippen MR) is 513 cm³/mol. The second kappa shape index (κ2) is 31.7. The summed E-state index contributed by atoms with van der Waals surface area (Å²) in [5.41, 5.74) is 43.0. The van der Waals surface area contributed by atoms with Crippen molar-refractivity contribution in [2.24, 2.45) is 53.1 Å². The molecule has 6 aromatic heterocycles. The van der Waals surface area contributed by atoms with Crippen molar-refractivity contribution in [1.29, 1.82) is 0 Å². The number of fused-ring (bicyclic) bond motifs is 22. The lowest BCUT2D eigenvalue weighted by Gasteiger charge is -2.34. The second-order valence-corrected chi connectivity index (χ2v) is 43.6. The molecule has 10 aliphatic rings. The number of rotatable bonds is 6. The van der Waals surface area contributed by atoms with Crippen LogP contribution in [0, 0.1) is 52.4 Å². The summed E-state index contributed by atoms with van der Waals surface area (Å²) in [5, 5.41) is 0. The number of hydrogen-bond donors (Lipinski definition) is 0. The number of benzene rings is 6. The van der Waals surface area contributed by atoms with E-state index in [1.165, 1.54) is 174 Å². The highest BCUT2D eigenvalue weighted by atomic mass is 15.0. The average molecular weight is 1650 g/mol. The van der Waals surface area contributed by atoms with Gasteiger partial charge in [0, 0.05) is 118 Å². The minimum Gasteiger partial charge on any atom is -0.201 e. The zero-order valence-electron chi connectivity index (χ0n) is 83.2. The molecule has 8 bridgehead atoms. The summed E-state index contributed by atoms with van der Waals surface area (Å²) in [4.78, 5) is 0. The molecule has 4 fully saturated rings. The van der Waals surface area contributed by atoms with Crippen molar-refractivity contribution in [2.45, 2.75) is 283 Å². The maximum absolute atomic E-state index is 9.25. The fraction of sp³-hybridized carbons (Fsp3) is 0.441. The van der Waals surface area contributed by atoms with Crippen molar-refractivity contribution in [3.05, 3.63) is 319 Å². The molecule has 0 amide bonds. The molecule has 0 aliphatic heterocycles. The Balaban J connectivity index is 0.000000107. The van der Waals surface area contributed by atoms with E-state index in [9.17, 15) is 1.37 Å². The van der Waals surface area contributed by atoms with Crippen molar-refractivity contribution < 1.29 is 31.5 Å². The molecule has 22 rings (SSSR count). The normalized spacial score (nSPS) is 25.6. The van der Waals surface area contributed by atoms with E-state index < -0.39 is 17.7 Å². The summed E-state index contributed by atoms with van der Waals surface area (Å²) in [6, 6.07) is 65.9. The van der Waals surface area contributed by atoms with Gasteiger partial charge in [-0.05, 0) is 290 Å². The van der Waals surface area contributed by atoms with Gasteiger partial charge in [-0.2, -0.15) is 0 Å². The molecular formula is C118H144N6+6. The Morgan fingerprint density at radius 2 is 0.677 bits per heavy atom. The van der Waals surface area contributed by atoms with Crippen LogP contribution < -0.4 is 27.4 Å². The molecule has 6 heteroatoms. The third-order valence-electron chi connectivity index (χ3n) is 33.3. The molecule has 0 N–H and O–H groups in total. The van der Waals surface area contributed by atoms with Crippen LogP contribution in [0.2, 0.25) is 0 Å². The molecule has 124 heavy (non-hydrogen) atoms. The molecule has 0 radical (unpaired) electrons. The van der Waals surface area contributed by atoms with Gasteiger partial charge in [0.2, 0.25) is 34.2 Å². The molecule has 4 saturated carbocycles. The van der Waals surface area contributed by atoms with Crippen LogP contribution in [0.25, 0.3) is 67.5 Å². The molecule has 6 nitrogen and oxygen atoms in total. The fourth-order valence-electron chi connectivity index (χ4n) is 26.0. The van der Waals surface area contributed by atoms with E-state index in [-0.39, 0.29) is 32.5 Å². The lowest BCUT2D eigenvalue weighted by molar-refractivity contribution is -0.661. The molecule has 640 valence electrons. The third kappa shape index (κ3) is 14.4. The highest BCUT2D eigenvalue weighted by Crippen LogP contribution is 2.69. The lowest BCUT2D eigenvalue weighted by Crippen LogP contribution is -2.36. The van der Waals surface area contributed by atoms with Gasteiger partial charge in [-0.1, -0.05) is 206 Å². The van der Waals surface area contributed by atoms with Crippen LogP contribution in [0.5, 0.6) is 0 Å². The van der Waals surface area contributed by atoms with Gasteiger partial charge in [0.05, 0.1) is 0 Å². The quantitative estimate of drug-likeness (QED) is 0.148. The first-order valence-corrected chi connectivity index (χ1v) is 46.8. The largest absolute Gasteiger partial charge is 0.216 e. The zero-order chi connectivity index (χ0) is 91.0. The molecule has 6 heterocycles. The number of aromatic nitrogens is 6. The van der Waals surface area contributed by atoms with E-state index >= 15 is 0 Å². The maximum Gasteiger partial charge on any atom is 0.216 e. The Kier molecular flexibility index (Phi) is 21.1. The van der Waals surface area contributed by atoms with E-state index in [0.717, 1.165) is 60.3 Å². The Labute approximate surface area is 750 Å². The number of aryl methyl sites for hydroxylation is 12. The van der Waals surface area contributed by atoms with Gasteiger partial charge in [0.15, 0.2) is 37.2 Å². The van der Waals surface area contributed by atoms with Gasteiger partial charge in [-0.3, -0.25) is 0 Å². The van der Waals surface area contributed by atoms with Crippen LogP contribution in [0.1, 0.15) is 314 Å². The van der Waals surface area contributed by atoms with E-state index in [2.05, 4.69) is 420 Å². The smallest absolute Gasteiger partial charge is 0.201 e. The summed E-state index contributed by atoms with van der Waals surface area (Å²) in [6.07, 6.45) is 27.3. The standard InChI is InChI=1S/2C21H26N.2C20H26N.2C18H20N/c2*1-14-8-6-7-9-15(14)19-12-16-17-10-11-21(4,20(17,2)3)18(16)13-22(19)5;1-14-9-7-8-10-15(14)18-11-16-17(12-21(18)6)20(4,5)13-19(16,2)3;1-14-9-7-8-10-15(14)18-17-16(11-12-21(18)6)19(2,3)13-20(17,4)5;1-12-5-3-4-6-15(12)18-10-16-13-7-8-14(9-13)17(16)11-19(18)2;1-12-5-3-4-6-15(12)18-17-14-8-7-13(11-14)16(17)9-10-19(18)2/h2*6-9,12-13,17H,10-11H2,1-5H3;2*7-12H,13H2,1-6H3;3-6,10-11,13-14H,7-9H2,1-2H3;3-6,9-10,13-14H,7-8,11H2,1-2H3/q6*+1/i17D;;;;13D,14D;. The third-order valence-corrected chi connectivity index (χ3v) is 33.3. The van der Waals surface area contributed by atoms with Crippen molar-refractivity contribution in [2.75, 3.05) is 0 Å². The molecular weight excluding hydrogens is 1500 g/mol. The average Bonchev–Trinajstić information content (AvgIpc) is 1.50. The number of hydrogen-bond acceptors (Lipinski definition) is 0. The topological polar surface area (TPSA) is 23.3 Å². The maximum atomic E-state index is 9.25. The summed E-state index contributed by atoms with van der Waals surface area (Å²) >= 11 is 0. The minimum absolute atomic E-state index is 0.0142. The van der Waals surface area contributed by atoms with Crippen molar-refractivity contribution in [1.82, 2.24) is 0 Å². The van der Waals surface area contributed by atoms with Crippen LogP contribution >= 0.6 is 0 Å². The van der Waals surface area contributed by atoms with Crippen molar-refractivity contribution >= 4 is 0 Å². The van der Waals surface area contributed by atoms with Crippen LogP contribution in [0.3, 0.4) is 0 Å². The molecule has 0 saturated heterocycles. The first kappa shape index (κ1) is 82.5. The monoisotopic (exact) mass is 1650 g/mol. The Morgan fingerprint density at radius 1 is 0.298 bits per heavy atom. The number of pyridine rings is 6. The Bertz CT molecular complexity index is 6320. The summed E-state index contributed by atoms with van der Waals surface area (Å²) in [5.74, 6) is 0.840. The Morgan fingerprint density at radius 3 is 1.19 bits per heavy atom. The molecule has 0 spiro atoms. The van der Waals surface area contributed by atoms with E-state index in [1.807, 2.05) is 7.05 Å². The van der Waals surface area contributed by atoms with Gasteiger partial charge >= 0.3 is 0 Å². The van der Waals surface area contributed by atoms with E-state index in [0.29, 0.717) is 17.3 Å². The summed E-state index contributed by atoms with van der Waals surface area (Å²) in [7, 11) is 12.9. The van der Waals surface area contributed by atoms with E-state index in [1.54, 1.807) is 22.3 Å². The molecule has 8 unspecified atom stereocenters. The van der Waals surface area contributed by atoms with Crippen LogP contribution in [-0.4, -0.2) is 0 Å². The molecule has 12 aromatic rings. The molecule has 6 aromatic carbocycles. The van der Waals surface area contributed by atoms with Crippen LogP contribution in [0.15, 0.2) is 219 Å². The van der Waals surface area contributed by atoms with Crippen molar-refractivity contribution in [3.63, 3.8) is 0 Å². The minimum atomic E-state index is -0.539. The highest BCUT2D eigenvalue weighted by Gasteiger charge is 2.62. The van der Waals surface area contributed by atoms with Crippen LogP contribution in [-0.2, 0) is 74.8 Å². The summed E-state index contributed by atoms with van der Waals surface area (Å²) in [6.45, 7) is 46.5. The summed E-state index contributed by atoms with van der Waals surface area (Å²) < 4.78 is 40.3. The van der Waals surface area contributed by atoms with Gasteiger partial charge < -0.3 is 0 Å². The Hall–Kier alpha value is -9.78. The van der Waals surface area contributed by atoms with Gasteiger partial charge in [0.25, 0.3) is 0 Å². The van der Waals surface area contributed by atoms with Gasteiger partial charge in [-0.15, -0.1) is 0 Å². The first-order valence-electron chi connectivity index (χ1n) is 48.3. The predicted octanol–water partition coefficient (Wildman–Crippen LogP) is 25.9. The molecule has 10 aliphatic carbocycles. The first-order chi connectivity index (χ1) is 59.7. The van der Waals surface area contributed by atoms with Crippen molar-refractivity contribution in [3.8, 4) is 67.5 Å². The van der Waals surface area contributed by atoms with Gasteiger partial charge in [-0.25, -0.2) is 27.4 Å². The molecule has 8 atom stereocenters.